The van der Waals surface area contributed by atoms with Crippen LogP contribution in [0, 0.1) is 6.92 Å². The van der Waals surface area contributed by atoms with Crippen molar-refractivity contribution in [1.29, 1.82) is 0 Å². The maximum absolute atomic E-state index is 12.3. The van der Waals surface area contributed by atoms with Gasteiger partial charge in [-0.2, -0.15) is 4.31 Å². The van der Waals surface area contributed by atoms with E-state index < -0.39 is 10.0 Å². The molecule has 0 atom stereocenters. The highest BCUT2D eigenvalue weighted by molar-refractivity contribution is 7.89. The number of unbranched alkanes of at least 4 members (excludes halogenated alkanes) is 1. The Morgan fingerprint density at radius 3 is 2.19 bits per heavy atom. The third-order valence-corrected chi connectivity index (χ3v) is 6.64. The third kappa shape index (κ3) is 5.64. The summed E-state index contributed by atoms with van der Waals surface area (Å²) >= 11 is 0. The lowest BCUT2D eigenvalue weighted by Gasteiger charge is -2.34. The molecule has 0 spiro atoms. The van der Waals surface area contributed by atoms with Crippen LogP contribution in [0.1, 0.15) is 48.5 Å². The molecule has 0 N–H and O–H groups in total. The second kappa shape index (κ2) is 9.28. The van der Waals surface area contributed by atoms with Crippen LogP contribution in [0.2, 0.25) is 0 Å². The van der Waals surface area contributed by atoms with E-state index >= 15 is 0 Å². The molecule has 0 aromatic heterocycles. The maximum atomic E-state index is 12.3. The molecule has 1 heterocycles. The molecule has 1 aliphatic heterocycles. The number of aryl methyl sites for hydroxylation is 1. The molecule has 1 aromatic carbocycles. The molecule has 144 valence electrons. The van der Waals surface area contributed by atoms with E-state index in [4.69, 9.17) is 0 Å². The monoisotopic (exact) mass is 380 g/mol. The number of Topliss-reactive ketones (excluding diaryl/α,β-unsaturated/α-hetero) is 1. The molecular weight excluding hydrogens is 352 g/mol. The SMILES string of the molecule is CCCCS(=O)(=O)N1CCN(C(=O)CCC(=O)c2ccc(C)cc2)CC1. The van der Waals surface area contributed by atoms with Gasteiger partial charge in [0.2, 0.25) is 15.9 Å². The van der Waals surface area contributed by atoms with Crippen LogP contribution < -0.4 is 0 Å². The number of hydrogen-bond donors (Lipinski definition) is 0. The number of carbonyl (C=O) groups is 2. The predicted molar refractivity (Wildman–Crippen MR) is 102 cm³/mol. The van der Waals surface area contributed by atoms with Gasteiger partial charge in [0.25, 0.3) is 0 Å². The van der Waals surface area contributed by atoms with Crippen molar-refractivity contribution >= 4 is 21.7 Å². The van der Waals surface area contributed by atoms with Crippen LogP contribution in [0.3, 0.4) is 0 Å². The van der Waals surface area contributed by atoms with E-state index in [2.05, 4.69) is 0 Å². The second-order valence-corrected chi connectivity index (χ2v) is 8.83. The zero-order chi connectivity index (χ0) is 19.2. The zero-order valence-electron chi connectivity index (χ0n) is 15.6. The van der Waals surface area contributed by atoms with E-state index in [9.17, 15) is 18.0 Å². The van der Waals surface area contributed by atoms with Crippen molar-refractivity contribution in [2.75, 3.05) is 31.9 Å². The zero-order valence-corrected chi connectivity index (χ0v) is 16.4. The van der Waals surface area contributed by atoms with E-state index in [0.29, 0.717) is 38.2 Å². The minimum absolute atomic E-state index is 0.0425. The van der Waals surface area contributed by atoms with Crippen LogP contribution in [0.4, 0.5) is 0 Å². The molecule has 1 fully saturated rings. The first-order valence-corrected chi connectivity index (χ1v) is 10.8. The number of nitrogens with zero attached hydrogens (tertiary/aromatic N) is 2. The van der Waals surface area contributed by atoms with Crippen molar-refractivity contribution in [2.24, 2.45) is 0 Å². The standard InChI is InChI=1S/C19H28N2O4S/c1-3-4-15-26(24,25)21-13-11-20(12-14-21)19(23)10-9-18(22)17-7-5-16(2)6-8-17/h5-8H,3-4,9-15H2,1-2H3. The lowest BCUT2D eigenvalue weighted by Crippen LogP contribution is -2.51. The fourth-order valence-corrected chi connectivity index (χ4v) is 4.57. The number of amides is 1. The van der Waals surface area contributed by atoms with Crippen LogP contribution in [-0.4, -0.2) is 61.2 Å². The normalized spacial score (nSPS) is 15.8. The van der Waals surface area contributed by atoms with E-state index in [1.807, 2.05) is 26.0 Å². The van der Waals surface area contributed by atoms with Gasteiger partial charge in [-0.05, 0) is 13.3 Å². The second-order valence-electron chi connectivity index (χ2n) is 6.74. The molecular formula is C19H28N2O4S. The Morgan fingerprint density at radius 2 is 1.62 bits per heavy atom. The molecule has 0 unspecified atom stereocenters. The van der Waals surface area contributed by atoms with Crippen molar-refractivity contribution < 1.29 is 18.0 Å². The summed E-state index contributed by atoms with van der Waals surface area (Å²) in [5.74, 6) is 0.0397. The minimum Gasteiger partial charge on any atom is -0.340 e. The molecule has 0 radical (unpaired) electrons. The Bertz CT molecular complexity index is 720. The van der Waals surface area contributed by atoms with Gasteiger partial charge in [-0.3, -0.25) is 9.59 Å². The fraction of sp³-hybridized carbons (Fsp3) is 0.579. The average molecular weight is 381 g/mol. The first kappa shape index (κ1) is 20.6. The van der Waals surface area contributed by atoms with Gasteiger partial charge in [-0.1, -0.05) is 43.2 Å². The molecule has 0 saturated carbocycles. The average Bonchev–Trinajstić information content (AvgIpc) is 2.65. The van der Waals surface area contributed by atoms with Crippen molar-refractivity contribution in [1.82, 2.24) is 9.21 Å². The molecule has 26 heavy (non-hydrogen) atoms. The first-order valence-electron chi connectivity index (χ1n) is 9.19. The first-order chi connectivity index (χ1) is 12.3. The summed E-state index contributed by atoms with van der Waals surface area (Å²) in [6.07, 6.45) is 1.83. The smallest absolute Gasteiger partial charge is 0.223 e. The summed E-state index contributed by atoms with van der Waals surface area (Å²) in [5, 5.41) is 0. The molecule has 2 rings (SSSR count). The number of ketones is 1. The largest absolute Gasteiger partial charge is 0.340 e. The third-order valence-electron chi connectivity index (χ3n) is 4.68. The number of hydrogen-bond acceptors (Lipinski definition) is 4. The highest BCUT2D eigenvalue weighted by atomic mass is 32.2. The van der Waals surface area contributed by atoms with Gasteiger partial charge in [-0.15, -0.1) is 0 Å². The molecule has 6 nitrogen and oxygen atoms in total. The summed E-state index contributed by atoms with van der Waals surface area (Å²) in [6, 6.07) is 7.32. The highest BCUT2D eigenvalue weighted by Gasteiger charge is 2.28. The van der Waals surface area contributed by atoms with E-state index in [1.165, 1.54) is 4.31 Å². The van der Waals surface area contributed by atoms with E-state index in [-0.39, 0.29) is 30.3 Å². The fourth-order valence-electron chi connectivity index (χ4n) is 2.93. The summed E-state index contributed by atoms with van der Waals surface area (Å²) in [6.45, 7) is 5.38. The van der Waals surface area contributed by atoms with Gasteiger partial charge < -0.3 is 4.90 Å². The maximum Gasteiger partial charge on any atom is 0.223 e. The summed E-state index contributed by atoms with van der Waals surface area (Å²) in [5.41, 5.74) is 1.71. The summed E-state index contributed by atoms with van der Waals surface area (Å²) in [7, 11) is -3.22. The Balaban J connectivity index is 1.79. The van der Waals surface area contributed by atoms with Crippen molar-refractivity contribution in [2.45, 2.75) is 39.5 Å². The Hall–Kier alpha value is -1.73. The quantitative estimate of drug-likeness (QED) is 0.648. The lowest BCUT2D eigenvalue weighted by molar-refractivity contribution is -0.132. The topological polar surface area (TPSA) is 74.8 Å². The summed E-state index contributed by atoms with van der Waals surface area (Å²) < 4.78 is 25.9. The molecule has 1 saturated heterocycles. The van der Waals surface area contributed by atoms with Gasteiger partial charge in [0.05, 0.1) is 5.75 Å². The Morgan fingerprint density at radius 1 is 1.00 bits per heavy atom. The number of benzene rings is 1. The number of sulfonamides is 1. The van der Waals surface area contributed by atoms with E-state index in [1.54, 1.807) is 17.0 Å². The Labute approximate surface area is 156 Å². The van der Waals surface area contributed by atoms with Crippen LogP contribution >= 0.6 is 0 Å². The van der Waals surface area contributed by atoms with Crippen molar-refractivity contribution in [3.63, 3.8) is 0 Å². The Kier molecular flexibility index (Phi) is 7.34. The summed E-state index contributed by atoms with van der Waals surface area (Å²) in [4.78, 5) is 26.2. The van der Waals surface area contributed by atoms with E-state index in [0.717, 1.165) is 12.0 Å². The van der Waals surface area contributed by atoms with Crippen LogP contribution in [-0.2, 0) is 14.8 Å². The van der Waals surface area contributed by atoms with Gasteiger partial charge >= 0.3 is 0 Å². The molecule has 1 aliphatic rings. The van der Waals surface area contributed by atoms with Crippen LogP contribution in [0.25, 0.3) is 0 Å². The van der Waals surface area contributed by atoms with Gasteiger partial charge in [-0.25, -0.2) is 8.42 Å². The number of carbonyl (C=O) groups excluding carboxylic acids is 2. The van der Waals surface area contributed by atoms with Crippen LogP contribution in [0.5, 0.6) is 0 Å². The highest BCUT2D eigenvalue weighted by Crippen LogP contribution is 2.13. The lowest BCUT2D eigenvalue weighted by atomic mass is 10.0. The molecule has 7 heteroatoms. The van der Waals surface area contributed by atoms with Gasteiger partial charge in [0, 0.05) is 44.6 Å². The molecule has 1 aromatic rings. The predicted octanol–water partition coefficient (Wildman–Crippen LogP) is 2.23. The number of rotatable bonds is 8. The molecule has 0 bridgehead atoms. The van der Waals surface area contributed by atoms with Gasteiger partial charge in [0.15, 0.2) is 5.78 Å². The molecule has 0 aliphatic carbocycles. The van der Waals surface area contributed by atoms with Crippen LogP contribution in [0.15, 0.2) is 24.3 Å². The van der Waals surface area contributed by atoms with Crippen molar-refractivity contribution in [3.8, 4) is 0 Å². The minimum atomic E-state index is -3.22. The number of piperazine rings is 1. The van der Waals surface area contributed by atoms with Gasteiger partial charge in [0.1, 0.15) is 0 Å². The molecule has 1 amide bonds. The van der Waals surface area contributed by atoms with Crippen molar-refractivity contribution in [3.05, 3.63) is 35.4 Å².